The average Bonchev–Trinajstić information content (AvgIpc) is 3.33. The highest BCUT2D eigenvalue weighted by Gasteiger charge is 2.44. The Hall–Kier alpha value is -1.85. The van der Waals surface area contributed by atoms with Gasteiger partial charge in [-0.1, -0.05) is 41.9 Å². The second-order valence-electron chi connectivity index (χ2n) is 5.39. The third-order valence-electron chi connectivity index (χ3n) is 3.85. The summed E-state index contributed by atoms with van der Waals surface area (Å²) in [5.41, 5.74) is 6.38. The lowest BCUT2D eigenvalue weighted by Gasteiger charge is -2.08. The molecule has 2 amide bonds. The maximum Gasteiger partial charge on any atom is 0.270 e. The fourth-order valence-electron chi connectivity index (χ4n) is 2.53. The third-order valence-corrected chi connectivity index (χ3v) is 4.89. The molecule has 2 atom stereocenters. The largest absolute Gasteiger partial charge is 0.273 e. The SMILES string of the molecule is O=C(NNC(=O)C1CC1c1ccccc1Cl)c1ccccc1Br. The van der Waals surface area contributed by atoms with Gasteiger partial charge in [-0.15, -0.1) is 0 Å². The molecule has 1 aliphatic carbocycles. The maximum atomic E-state index is 12.1. The zero-order valence-electron chi connectivity index (χ0n) is 12.1. The van der Waals surface area contributed by atoms with Crippen LogP contribution in [0.5, 0.6) is 0 Å². The zero-order chi connectivity index (χ0) is 16.4. The standard InChI is InChI=1S/C17H14BrClN2O2/c18-14-7-3-1-6-11(14)16(22)20-21-17(23)13-9-12(13)10-5-2-4-8-15(10)19/h1-8,12-13H,9H2,(H,20,22)(H,21,23). The summed E-state index contributed by atoms with van der Waals surface area (Å²) < 4.78 is 0.673. The van der Waals surface area contributed by atoms with Gasteiger partial charge in [-0.3, -0.25) is 20.4 Å². The van der Waals surface area contributed by atoms with Crippen molar-refractivity contribution in [2.75, 3.05) is 0 Å². The van der Waals surface area contributed by atoms with Crippen LogP contribution in [0, 0.1) is 5.92 Å². The van der Waals surface area contributed by atoms with E-state index >= 15 is 0 Å². The molecule has 1 saturated carbocycles. The Morgan fingerprint density at radius 3 is 2.48 bits per heavy atom. The van der Waals surface area contributed by atoms with Crippen LogP contribution in [0.2, 0.25) is 5.02 Å². The van der Waals surface area contributed by atoms with Crippen LogP contribution in [0.25, 0.3) is 0 Å². The lowest BCUT2D eigenvalue weighted by atomic mass is 10.1. The molecule has 0 aromatic heterocycles. The lowest BCUT2D eigenvalue weighted by molar-refractivity contribution is -0.123. The maximum absolute atomic E-state index is 12.1. The first-order valence-electron chi connectivity index (χ1n) is 7.17. The molecule has 118 valence electrons. The van der Waals surface area contributed by atoms with E-state index in [0.717, 1.165) is 12.0 Å². The molecule has 6 heteroatoms. The summed E-state index contributed by atoms with van der Waals surface area (Å²) in [6.07, 6.45) is 0.737. The molecule has 1 aliphatic rings. The normalized spacial score (nSPS) is 19.0. The van der Waals surface area contributed by atoms with Crippen molar-refractivity contribution in [3.63, 3.8) is 0 Å². The Morgan fingerprint density at radius 2 is 1.74 bits per heavy atom. The van der Waals surface area contributed by atoms with Crippen molar-refractivity contribution in [3.8, 4) is 0 Å². The highest BCUT2D eigenvalue weighted by molar-refractivity contribution is 9.10. The summed E-state index contributed by atoms with van der Waals surface area (Å²) in [5.74, 6) is -0.602. The Balaban J connectivity index is 1.56. The molecule has 2 aromatic carbocycles. The fourth-order valence-corrected chi connectivity index (χ4v) is 3.27. The van der Waals surface area contributed by atoms with E-state index in [0.29, 0.717) is 15.1 Å². The van der Waals surface area contributed by atoms with E-state index in [9.17, 15) is 9.59 Å². The van der Waals surface area contributed by atoms with Crippen molar-refractivity contribution >= 4 is 39.3 Å². The molecular formula is C17H14BrClN2O2. The van der Waals surface area contributed by atoms with Crippen LogP contribution in [-0.4, -0.2) is 11.8 Å². The van der Waals surface area contributed by atoms with Gasteiger partial charge in [0.1, 0.15) is 0 Å². The number of nitrogens with one attached hydrogen (secondary N) is 2. The predicted octanol–water partition coefficient (Wildman–Crippen LogP) is 3.67. The number of hydrogen-bond donors (Lipinski definition) is 2. The first kappa shape index (κ1) is 16.0. The third kappa shape index (κ3) is 3.57. The first-order valence-corrected chi connectivity index (χ1v) is 8.34. The number of rotatable bonds is 3. The van der Waals surface area contributed by atoms with Crippen LogP contribution in [0.4, 0.5) is 0 Å². The molecule has 0 spiro atoms. The smallest absolute Gasteiger partial charge is 0.270 e. The topological polar surface area (TPSA) is 58.2 Å². The van der Waals surface area contributed by atoms with Crippen LogP contribution in [0.3, 0.4) is 0 Å². The molecule has 0 bridgehead atoms. The molecule has 2 N–H and O–H groups in total. The van der Waals surface area contributed by atoms with E-state index in [4.69, 9.17) is 11.6 Å². The summed E-state index contributed by atoms with van der Waals surface area (Å²) in [6.45, 7) is 0. The highest BCUT2D eigenvalue weighted by atomic mass is 79.9. The molecule has 0 radical (unpaired) electrons. The van der Waals surface area contributed by atoms with Gasteiger partial charge < -0.3 is 0 Å². The van der Waals surface area contributed by atoms with Crippen molar-refractivity contribution in [1.29, 1.82) is 0 Å². The number of amides is 2. The lowest BCUT2D eigenvalue weighted by Crippen LogP contribution is -2.42. The molecule has 0 heterocycles. The summed E-state index contributed by atoms with van der Waals surface area (Å²) in [7, 11) is 0. The molecule has 0 aliphatic heterocycles. The number of carbonyl (C=O) groups excluding carboxylic acids is 2. The fraction of sp³-hybridized carbons (Fsp3) is 0.176. The summed E-state index contributed by atoms with van der Waals surface area (Å²) in [6, 6.07) is 14.5. The van der Waals surface area contributed by atoms with Gasteiger partial charge in [-0.05, 0) is 52.0 Å². The van der Waals surface area contributed by atoms with E-state index in [-0.39, 0.29) is 23.7 Å². The van der Waals surface area contributed by atoms with Crippen LogP contribution in [-0.2, 0) is 4.79 Å². The quantitative estimate of drug-likeness (QED) is 0.782. The number of hydrazine groups is 1. The first-order chi connectivity index (χ1) is 11.1. The number of hydrogen-bond acceptors (Lipinski definition) is 2. The van der Waals surface area contributed by atoms with Crippen molar-refractivity contribution in [3.05, 3.63) is 69.2 Å². The number of benzene rings is 2. The van der Waals surface area contributed by atoms with Gasteiger partial charge in [-0.2, -0.15) is 0 Å². The Kier molecular flexibility index (Phi) is 4.68. The number of carbonyl (C=O) groups is 2. The van der Waals surface area contributed by atoms with Crippen LogP contribution < -0.4 is 10.9 Å². The monoisotopic (exact) mass is 392 g/mol. The molecule has 23 heavy (non-hydrogen) atoms. The summed E-state index contributed by atoms with van der Waals surface area (Å²) >= 11 is 9.45. The van der Waals surface area contributed by atoms with E-state index in [1.807, 2.05) is 30.3 Å². The molecule has 1 fully saturated rings. The van der Waals surface area contributed by atoms with E-state index in [2.05, 4.69) is 26.8 Å². The molecule has 3 rings (SSSR count). The molecule has 0 saturated heterocycles. The van der Waals surface area contributed by atoms with Gasteiger partial charge >= 0.3 is 0 Å². The average molecular weight is 394 g/mol. The van der Waals surface area contributed by atoms with Gasteiger partial charge in [0.15, 0.2) is 0 Å². The van der Waals surface area contributed by atoms with Crippen molar-refractivity contribution in [2.24, 2.45) is 5.92 Å². The Bertz CT molecular complexity index is 766. The highest BCUT2D eigenvalue weighted by Crippen LogP contribution is 2.49. The van der Waals surface area contributed by atoms with Gasteiger partial charge in [0.25, 0.3) is 5.91 Å². The zero-order valence-corrected chi connectivity index (χ0v) is 14.4. The van der Waals surface area contributed by atoms with E-state index in [1.165, 1.54) is 0 Å². The van der Waals surface area contributed by atoms with E-state index < -0.39 is 0 Å². The van der Waals surface area contributed by atoms with Crippen LogP contribution in [0.1, 0.15) is 28.3 Å². The van der Waals surface area contributed by atoms with Crippen LogP contribution >= 0.6 is 27.5 Å². The second kappa shape index (κ2) is 6.72. The second-order valence-corrected chi connectivity index (χ2v) is 6.65. The molecular weight excluding hydrogens is 380 g/mol. The minimum atomic E-state index is -0.360. The van der Waals surface area contributed by atoms with E-state index in [1.54, 1.807) is 18.2 Å². The molecule has 2 unspecified atom stereocenters. The number of halogens is 2. The van der Waals surface area contributed by atoms with Crippen molar-refractivity contribution < 1.29 is 9.59 Å². The molecule has 4 nitrogen and oxygen atoms in total. The van der Waals surface area contributed by atoms with Crippen molar-refractivity contribution in [2.45, 2.75) is 12.3 Å². The Morgan fingerprint density at radius 1 is 1.04 bits per heavy atom. The van der Waals surface area contributed by atoms with Gasteiger partial charge in [0, 0.05) is 15.4 Å². The van der Waals surface area contributed by atoms with Gasteiger partial charge in [0.05, 0.1) is 5.56 Å². The van der Waals surface area contributed by atoms with Gasteiger partial charge in [-0.25, -0.2) is 0 Å². The predicted molar refractivity (Wildman–Crippen MR) is 92.1 cm³/mol. The van der Waals surface area contributed by atoms with Crippen LogP contribution in [0.15, 0.2) is 53.0 Å². The molecule has 2 aromatic rings. The Labute approximate surface area is 147 Å². The summed E-state index contributed by atoms with van der Waals surface area (Å²) in [5, 5.41) is 0.671. The minimum absolute atomic E-state index is 0.115. The van der Waals surface area contributed by atoms with Crippen molar-refractivity contribution in [1.82, 2.24) is 10.9 Å². The summed E-state index contributed by atoms with van der Waals surface area (Å²) in [4.78, 5) is 24.2. The minimum Gasteiger partial charge on any atom is -0.273 e. The van der Waals surface area contributed by atoms with Gasteiger partial charge in [0.2, 0.25) is 5.91 Å².